The van der Waals surface area contributed by atoms with E-state index in [0.717, 1.165) is 0 Å². The van der Waals surface area contributed by atoms with Gasteiger partial charge in [0.2, 0.25) is 10.0 Å². The summed E-state index contributed by atoms with van der Waals surface area (Å²) >= 11 is 0. The minimum atomic E-state index is -3.89. The Morgan fingerprint density at radius 2 is 1.78 bits per heavy atom. The van der Waals surface area contributed by atoms with Crippen LogP contribution in [0.3, 0.4) is 0 Å². The van der Waals surface area contributed by atoms with Gasteiger partial charge in [-0.2, -0.15) is 0 Å². The van der Waals surface area contributed by atoms with E-state index < -0.39 is 37.1 Å². The third kappa shape index (κ3) is 5.02. The lowest BCUT2D eigenvalue weighted by Crippen LogP contribution is -2.48. The number of carboxylic acid groups (broad SMARTS) is 1. The van der Waals surface area contributed by atoms with Crippen molar-refractivity contribution in [3.63, 3.8) is 0 Å². The van der Waals surface area contributed by atoms with Crippen molar-refractivity contribution < 1.29 is 26.7 Å². The molecule has 1 aliphatic heterocycles. The molecule has 1 aromatic rings. The molecule has 0 aliphatic carbocycles. The average Bonchev–Trinajstić information content (AvgIpc) is 2.47. The largest absolute Gasteiger partial charge is 0.480 e. The van der Waals surface area contributed by atoms with Gasteiger partial charge in [-0.3, -0.25) is 4.79 Å². The van der Waals surface area contributed by atoms with Gasteiger partial charge in [0.1, 0.15) is 15.9 Å². The van der Waals surface area contributed by atoms with Crippen LogP contribution in [0.1, 0.15) is 18.4 Å². The lowest BCUT2D eigenvalue weighted by molar-refractivity contribution is -0.138. The van der Waals surface area contributed by atoms with Gasteiger partial charge in [0.25, 0.3) is 0 Å². The Kier molecular flexibility index (Phi) is 5.43. The van der Waals surface area contributed by atoms with E-state index >= 15 is 0 Å². The first-order valence-electron chi connectivity index (χ1n) is 7.18. The van der Waals surface area contributed by atoms with E-state index in [4.69, 9.17) is 0 Å². The Balaban J connectivity index is 2.08. The molecule has 0 spiro atoms. The third-order valence-electron chi connectivity index (χ3n) is 3.83. The van der Waals surface area contributed by atoms with Crippen molar-refractivity contribution in [2.75, 3.05) is 11.5 Å². The lowest BCUT2D eigenvalue weighted by atomic mass is 10.1. The summed E-state index contributed by atoms with van der Waals surface area (Å²) in [6, 6.07) is 7.44. The molecule has 128 valence electrons. The van der Waals surface area contributed by atoms with Gasteiger partial charge in [-0.1, -0.05) is 30.3 Å². The van der Waals surface area contributed by atoms with Crippen molar-refractivity contribution in [1.82, 2.24) is 4.72 Å². The molecule has 7 nitrogen and oxygen atoms in total. The molecule has 1 heterocycles. The van der Waals surface area contributed by atoms with Crippen molar-refractivity contribution in [3.05, 3.63) is 35.9 Å². The van der Waals surface area contributed by atoms with Crippen molar-refractivity contribution in [1.29, 1.82) is 0 Å². The molecule has 1 aliphatic rings. The highest BCUT2D eigenvalue weighted by molar-refractivity contribution is 7.92. The van der Waals surface area contributed by atoms with Crippen LogP contribution in [0.2, 0.25) is 0 Å². The highest BCUT2D eigenvalue weighted by Crippen LogP contribution is 2.19. The Hall–Kier alpha value is -1.45. The number of sulfone groups is 1. The number of carboxylic acids is 1. The maximum absolute atomic E-state index is 12.3. The zero-order chi connectivity index (χ0) is 17.1. The monoisotopic (exact) mass is 361 g/mol. The highest BCUT2D eigenvalue weighted by Gasteiger charge is 2.35. The van der Waals surface area contributed by atoms with E-state index in [0.29, 0.717) is 5.56 Å². The topological polar surface area (TPSA) is 118 Å². The molecule has 0 amide bonds. The van der Waals surface area contributed by atoms with Crippen molar-refractivity contribution >= 4 is 25.8 Å². The minimum Gasteiger partial charge on any atom is -0.480 e. The Bertz CT molecular complexity index is 744. The average molecular weight is 361 g/mol. The number of hydrogen-bond acceptors (Lipinski definition) is 5. The quantitative estimate of drug-likeness (QED) is 0.746. The number of rotatable bonds is 6. The van der Waals surface area contributed by atoms with Gasteiger partial charge in [0.05, 0.1) is 16.8 Å². The molecule has 1 atom stereocenters. The van der Waals surface area contributed by atoms with E-state index in [-0.39, 0.29) is 30.8 Å². The molecular weight excluding hydrogens is 342 g/mol. The van der Waals surface area contributed by atoms with E-state index in [2.05, 4.69) is 4.72 Å². The molecule has 0 saturated carbocycles. The molecule has 2 rings (SSSR count). The van der Waals surface area contributed by atoms with Gasteiger partial charge in [0, 0.05) is 0 Å². The summed E-state index contributed by atoms with van der Waals surface area (Å²) in [5, 5.41) is 8.38. The van der Waals surface area contributed by atoms with Crippen LogP contribution < -0.4 is 4.72 Å². The molecule has 0 bridgehead atoms. The summed E-state index contributed by atoms with van der Waals surface area (Å²) in [6.07, 6.45) is 0.0190. The molecule has 0 unspecified atom stereocenters. The molecule has 9 heteroatoms. The predicted molar refractivity (Wildman–Crippen MR) is 85.3 cm³/mol. The van der Waals surface area contributed by atoms with Crippen LogP contribution in [0.4, 0.5) is 0 Å². The first kappa shape index (κ1) is 17.9. The summed E-state index contributed by atoms with van der Waals surface area (Å²) in [7, 11) is -7.07. The third-order valence-corrected chi connectivity index (χ3v) is 7.51. The second-order valence-corrected chi connectivity index (χ2v) is 9.89. The number of aliphatic carboxylic acids is 1. The number of sulfonamides is 1. The lowest BCUT2D eigenvalue weighted by Gasteiger charge is -2.24. The fraction of sp³-hybridized carbons (Fsp3) is 0.500. The molecule has 0 radical (unpaired) electrons. The van der Waals surface area contributed by atoms with Gasteiger partial charge in [0.15, 0.2) is 0 Å². The second-order valence-electron chi connectivity index (χ2n) is 5.59. The molecule has 0 aromatic heterocycles. The molecule has 1 fully saturated rings. The van der Waals surface area contributed by atoms with Gasteiger partial charge in [-0.15, -0.1) is 0 Å². The van der Waals surface area contributed by atoms with E-state index in [1.807, 2.05) is 0 Å². The SMILES string of the molecule is O=C(O)[C@@H](Cc1ccccc1)NS(=O)(=O)C1CCS(=O)(=O)CC1. The van der Waals surface area contributed by atoms with Crippen LogP contribution in [0, 0.1) is 0 Å². The fourth-order valence-electron chi connectivity index (χ4n) is 2.50. The van der Waals surface area contributed by atoms with Crippen molar-refractivity contribution in [2.24, 2.45) is 0 Å². The Morgan fingerprint density at radius 3 is 2.30 bits per heavy atom. The maximum atomic E-state index is 12.3. The van der Waals surface area contributed by atoms with Gasteiger partial charge >= 0.3 is 5.97 Å². The highest BCUT2D eigenvalue weighted by atomic mass is 32.2. The smallest absolute Gasteiger partial charge is 0.322 e. The summed E-state index contributed by atoms with van der Waals surface area (Å²) in [5.41, 5.74) is 0.703. The maximum Gasteiger partial charge on any atom is 0.322 e. The zero-order valence-corrected chi connectivity index (χ0v) is 14.0. The Labute approximate surface area is 135 Å². The summed E-state index contributed by atoms with van der Waals surface area (Å²) < 4.78 is 49.7. The Morgan fingerprint density at radius 1 is 1.22 bits per heavy atom. The molecular formula is C14H19NO6S2. The van der Waals surface area contributed by atoms with Crippen molar-refractivity contribution in [3.8, 4) is 0 Å². The molecule has 2 N–H and O–H groups in total. The molecule has 1 saturated heterocycles. The van der Waals surface area contributed by atoms with Crippen LogP contribution in [0.25, 0.3) is 0 Å². The second kappa shape index (κ2) is 6.98. The van der Waals surface area contributed by atoms with Crippen LogP contribution in [-0.4, -0.2) is 50.7 Å². The summed E-state index contributed by atoms with van der Waals surface area (Å²) in [4.78, 5) is 11.3. The van der Waals surface area contributed by atoms with E-state index in [1.165, 1.54) is 0 Å². The number of benzene rings is 1. The molecule has 1 aromatic carbocycles. The molecule has 23 heavy (non-hydrogen) atoms. The zero-order valence-electron chi connectivity index (χ0n) is 12.4. The predicted octanol–water partition coefficient (Wildman–Crippen LogP) is 0.179. The van der Waals surface area contributed by atoms with Crippen molar-refractivity contribution in [2.45, 2.75) is 30.6 Å². The van der Waals surface area contributed by atoms with Crippen LogP contribution >= 0.6 is 0 Å². The van der Waals surface area contributed by atoms with Crippen LogP contribution in [0.15, 0.2) is 30.3 Å². The number of nitrogens with one attached hydrogen (secondary N) is 1. The first-order valence-corrected chi connectivity index (χ1v) is 10.5. The number of carbonyl (C=O) groups is 1. The summed E-state index contributed by atoms with van der Waals surface area (Å²) in [5.74, 6) is -1.63. The normalized spacial score (nSPS) is 20.0. The van der Waals surface area contributed by atoms with Gasteiger partial charge in [-0.25, -0.2) is 21.6 Å². The standard InChI is InChI=1S/C14H19NO6S2/c16-14(17)13(10-11-4-2-1-3-5-11)15-23(20,21)12-6-8-22(18,19)9-7-12/h1-5,12-13,15H,6-10H2,(H,16,17)/t13-/m1/s1. The minimum absolute atomic E-state index is 0.00462. The van der Waals surface area contributed by atoms with E-state index in [9.17, 15) is 26.7 Å². The van der Waals surface area contributed by atoms with Gasteiger partial charge in [-0.05, 0) is 24.8 Å². The van der Waals surface area contributed by atoms with Gasteiger partial charge < -0.3 is 5.11 Å². The van der Waals surface area contributed by atoms with E-state index in [1.54, 1.807) is 30.3 Å². The first-order chi connectivity index (χ1) is 10.7. The summed E-state index contributed by atoms with van der Waals surface area (Å²) in [6.45, 7) is 0. The fourth-order valence-corrected chi connectivity index (χ4v) is 5.92. The van der Waals surface area contributed by atoms with Crippen LogP contribution in [0.5, 0.6) is 0 Å². The van der Waals surface area contributed by atoms with Crippen LogP contribution in [-0.2, 0) is 31.1 Å². The number of hydrogen-bond donors (Lipinski definition) is 2.